The highest BCUT2D eigenvalue weighted by Crippen LogP contribution is 2.36. The predicted octanol–water partition coefficient (Wildman–Crippen LogP) is 3.58. The van der Waals surface area contributed by atoms with Crippen LogP contribution in [0.5, 0.6) is 0 Å². The Balaban J connectivity index is 2.05. The van der Waals surface area contributed by atoms with Gasteiger partial charge in [-0.25, -0.2) is 0 Å². The summed E-state index contributed by atoms with van der Waals surface area (Å²) in [6.45, 7) is 4.60. The molecule has 0 bridgehead atoms. The van der Waals surface area contributed by atoms with Crippen LogP contribution in [0.1, 0.15) is 30.9 Å². The molecular formula is C13H18. The lowest BCUT2D eigenvalue weighted by molar-refractivity contribution is 0.195. The first-order valence-corrected chi connectivity index (χ1v) is 5.32. The lowest BCUT2D eigenvalue weighted by Gasteiger charge is -2.34. The molecule has 1 fully saturated rings. The number of benzene rings is 1. The monoisotopic (exact) mass is 174 g/mol. The van der Waals surface area contributed by atoms with Crippen molar-refractivity contribution in [2.75, 3.05) is 0 Å². The topological polar surface area (TPSA) is 0 Å². The van der Waals surface area contributed by atoms with E-state index in [4.69, 9.17) is 0 Å². The minimum Gasteiger partial charge on any atom is -0.0622 e. The zero-order valence-corrected chi connectivity index (χ0v) is 8.59. The van der Waals surface area contributed by atoms with Gasteiger partial charge in [-0.05, 0) is 42.7 Å². The normalized spacial score (nSPS) is 26.9. The molecule has 0 aliphatic heterocycles. The first-order chi connectivity index (χ1) is 6.27. The third-order valence-corrected chi connectivity index (χ3v) is 3.54. The zero-order chi connectivity index (χ0) is 9.26. The molecule has 1 saturated carbocycles. The van der Waals surface area contributed by atoms with Crippen LogP contribution < -0.4 is 0 Å². The van der Waals surface area contributed by atoms with Crippen LogP contribution in [0, 0.1) is 18.8 Å². The van der Waals surface area contributed by atoms with Crippen LogP contribution in [0.3, 0.4) is 0 Å². The molecule has 0 saturated heterocycles. The summed E-state index contributed by atoms with van der Waals surface area (Å²) in [7, 11) is 0. The summed E-state index contributed by atoms with van der Waals surface area (Å²) < 4.78 is 0. The van der Waals surface area contributed by atoms with Crippen LogP contribution >= 0.6 is 0 Å². The number of rotatable bonds is 2. The fourth-order valence-corrected chi connectivity index (χ4v) is 2.16. The van der Waals surface area contributed by atoms with Crippen molar-refractivity contribution in [1.29, 1.82) is 0 Å². The second kappa shape index (κ2) is 3.53. The second-order valence-electron chi connectivity index (χ2n) is 4.45. The van der Waals surface area contributed by atoms with E-state index in [1.54, 1.807) is 5.56 Å². The van der Waals surface area contributed by atoms with Gasteiger partial charge in [-0.15, -0.1) is 0 Å². The SMILES string of the molecule is Cc1ccccc1CC1CCC1C. The fourth-order valence-electron chi connectivity index (χ4n) is 2.16. The average Bonchev–Trinajstić information content (AvgIpc) is 2.14. The molecule has 0 amide bonds. The molecule has 1 aromatic rings. The molecule has 0 radical (unpaired) electrons. The van der Waals surface area contributed by atoms with E-state index in [-0.39, 0.29) is 0 Å². The average molecular weight is 174 g/mol. The summed E-state index contributed by atoms with van der Waals surface area (Å²) in [5.41, 5.74) is 3.01. The number of hydrogen-bond acceptors (Lipinski definition) is 0. The maximum Gasteiger partial charge on any atom is -0.0245 e. The molecular weight excluding hydrogens is 156 g/mol. The second-order valence-corrected chi connectivity index (χ2v) is 4.45. The van der Waals surface area contributed by atoms with E-state index < -0.39 is 0 Å². The number of aryl methyl sites for hydroxylation is 1. The largest absolute Gasteiger partial charge is 0.0622 e. The summed E-state index contributed by atoms with van der Waals surface area (Å²) in [6, 6.07) is 8.79. The third-order valence-electron chi connectivity index (χ3n) is 3.54. The highest BCUT2D eigenvalue weighted by molar-refractivity contribution is 5.26. The van der Waals surface area contributed by atoms with Gasteiger partial charge in [0, 0.05) is 0 Å². The molecule has 70 valence electrons. The van der Waals surface area contributed by atoms with Crippen molar-refractivity contribution in [3.05, 3.63) is 35.4 Å². The molecule has 0 heterocycles. The molecule has 0 heteroatoms. The quantitative estimate of drug-likeness (QED) is 0.643. The molecule has 2 atom stereocenters. The molecule has 2 unspecified atom stereocenters. The van der Waals surface area contributed by atoms with E-state index in [0.717, 1.165) is 11.8 Å². The molecule has 1 aliphatic rings. The Labute approximate surface area is 81.0 Å². The lowest BCUT2D eigenvalue weighted by atomic mass is 9.71. The summed E-state index contributed by atoms with van der Waals surface area (Å²) in [5.74, 6) is 1.92. The molecule has 0 nitrogen and oxygen atoms in total. The summed E-state index contributed by atoms with van der Waals surface area (Å²) in [5, 5.41) is 0. The molecule has 1 aromatic carbocycles. The van der Waals surface area contributed by atoms with Crippen LogP contribution in [0.2, 0.25) is 0 Å². The maximum atomic E-state index is 2.38. The van der Waals surface area contributed by atoms with E-state index in [1.807, 2.05) is 0 Å². The first kappa shape index (κ1) is 8.80. The lowest BCUT2D eigenvalue weighted by Crippen LogP contribution is -2.25. The van der Waals surface area contributed by atoms with Gasteiger partial charge in [0.2, 0.25) is 0 Å². The highest BCUT2D eigenvalue weighted by Gasteiger charge is 2.26. The van der Waals surface area contributed by atoms with Crippen molar-refractivity contribution in [2.24, 2.45) is 11.8 Å². The van der Waals surface area contributed by atoms with Crippen molar-refractivity contribution in [3.8, 4) is 0 Å². The fraction of sp³-hybridized carbons (Fsp3) is 0.538. The van der Waals surface area contributed by atoms with Crippen molar-refractivity contribution < 1.29 is 0 Å². The van der Waals surface area contributed by atoms with Crippen LogP contribution in [-0.4, -0.2) is 0 Å². The Morgan fingerprint density at radius 1 is 1.23 bits per heavy atom. The first-order valence-electron chi connectivity index (χ1n) is 5.32. The maximum absolute atomic E-state index is 2.38. The Hall–Kier alpha value is -0.780. The molecule has 0 N–H and O–H groups in total. The van der Waals surface area contributed by atoms with Crippen LogP contribution in [0.15, 0.2) is 24.3 Å². The number of hydrogen-bond donors (Lipinski definition) is 0. The smallest absolute Gasteiger partial charge is 0.0245 e. The van der Waals surface area contributed by atoms with Gasteiger partial charge in [-0.3, -0.25) is 0 Å². The summed E-state index contributed by atoms with van der Waals surface area (Å²) >= 11 is 0. The standard InChI is InChI=1S/C13H18/c1-10-5-3-4-6-12(10)9-13-8-7-11(13)2/h3-6,11,13H,7-9H2,1-2H3. The van der Waals surface area contributed by atoms with E-state index >= 15 is 0 Å². The van der Waals surface area contributed by atoms with Crippen molar-refractivity contribution in [1.82, 2.24) is 0 Å². The van der Waals surface area contributed by atoms with Gasteiger partial charge in [0.05, 0.1) is 0 Å². The minimum atomic E-state index is 0.958. The molecule has 0 aromatic heterocycles. The highest BCUT2D eigenvalue weighted by atomic mass is 14.3. The molecule has 2 rings (SSSR count). The van der Waals surface area contributed by atoms with Crippen LogP contribution in [0.25, 0.3) is 0 Å². The van der Waals surface area contributed by atoms with Crippen molar-refractivity contribution in [2.45, 2.75) is 33.1 Å². The summed E-state index contributed by atoms with van der Waals surface area (Å²) in [6.07, 6.45) is 4.18. The van der Waals surface area contributed by atoms with Gasteiger partial charge in [-0.2, -0.15) is 0 Å². The van der Waals surface area contributed by atoms with Gasteiger partial charge >= 0.3 is 0 Å². The van der Waals surface area contributed by atoms with Crippen LogP contribution in [-0.2, 0) is 6.42 Å². The van der Waals surface area contributed by atoms with E-state index in [2.05, 4.69) is 38.1 Å². The van der Waals surface area contributed by atoms with E-state index in [0.29, 0.717) is 0 Å². The minimum absolute atomic E-state index is 0.958. The Bertz CT molecular complexity index is 288. The van der Waals surface area contributed by atoms with Crippen molar-refractivity contribution >= 4 is 0 Å². The van der Waals surface area contributed by atoms with Crippen LogP contribution in [0.4, 0.5) is 0 Å². The van der Waals surface area contributed by atoms with Gasteiger partial charge in [0.1, 0.15) is 0 Å². The van der Waals surface area contributed by atoms with E-state index in [1.165, 1.54) is 24.8 Å². The Morgan fingerprint density at radius 2 is 2.00 bits per heavy atom. The Kier molecular flexibility index (Phi) is 2.39. The van der Waals surface area contributed by atoms with Gasteiger partial charge in [-0.1, -0.05) is 37.6 Å². The van der Waals surface area contributed by atoms with Gasteiger partial charge < -0.3 is 0 Å². The van der Waals surface area contributed by atoms with Crippen molar-refractivity contribution in [3.63, 3.8) is 0 Å². The third kappa shape index (κ3) is 1.77. The zero-order valence-electron chi connectivity index (χ0n) is 8.59. The summed E-state index contributed by atoms with van der Waals surface area (Å²) in [4.78, 5) is 0. The predicted molar refractivity (Wildman–Crippen MR) is 56.8 cm³/mol. The van der Waals surface area contributed by atoms with E-state index in [9.17, 15) is 0 Å². The van der Waals surface area contributed by atoms with Gasteiger partial charge in [0.25, 0.3) is 0 Å². The molecule has 0 spiro atoms. The Morgan fingerprint density at radius 3 is 2.54 bits per heavy atom. The van der Waals surface area contributed by atoms with Gasteiger partial charge in [0.15, 0.2) is 0 Å². The molecule has 1 aliphatic carbocycles. The molecule has 13 heavy (non-hydrogen) atoms.